The number of aliphatic carboxylic acids is 1. The molecule has 1 aliphatic heterocycles. The van der Waals surface area contributed by atoms with E-state index in [1.165, 1.54) is 11.3 Å². The topological polar surface area (TPSA) is 70.5 Å². The van der Waals surface area contributed by atoms with Crippen LogP contribution in [0.25, 0.3) is 0 Å². The molecule has 104 valence electrons. The van der Waals surface area contributed by atoms with Crippen molar-refractivity contribution in [2.24, 2.45) is 0 Å². The minimum absolute atomic E-state index is 0.0303. The number of thiazole rings is 1. The first-order chi connectivity index (χ1) is 8.99. The summed E-state index contributed by atoms with van der Waals surface area (Å²) >= 11 is 1.39. The Morgan fingerprint density at radius 1 is 1.42 bits per heavy atom. The van der Waals surface area contributed by atoms with Gasteiger partial charge in [-0.05, 0) is 33.1 Å². The summed E-state index contributed by atoms with van der Waals surface area (Å²) in [5.41, 5.74) is 0.743. The molecular formula is C13H18N2O3S. The summed E-state index contributed by atoms with van der Waals surface area (Å²) in [4.78, 5) is 30.1. The van der Waals surface area contributed by atoms with Gasteiger partial charge in [-0.25, -0.2) is 4.98 Å². The summed E-state index contributed by atoms with van der Waals surface area (Å²) < 4.78 is 0. The Morgan fingerprint density at radius 3 is 2.74 bits per heavy atom. The minimum Gasteiger partial charge on any atom is -0.481 e. The van der Waals surface area contributed by atoms with E-state index in [0.29, 0.717) is 11.4 Å². The van der Waals surface area contributed by atoms with E-state index in [1.54, 1.807) is 4.90 Å². The Balaban J connectivity index is 2.19. The molecule has 1 atom stereocenters. The average Bonchev–Trinajstić information content (AvgIpc) is 2.67. The number of aryl methyl sites for hydroxylation is 2. The van der Waals surface area contributed by atoms with Gasteiger partial charge in [0.25, 0.3) is 5.91 Å². The lowest BCUT2D eigenvalue weighted by Gasteiger charge is -2.34. The molecule has 0 bridgehead atoms. The summed E-state index contributed by atoms with van der Waals surface area (Å²) in [5, 5.41) is 9.82. The van der Waals surface area contributed by atoms with E-state index >= 15 is 0 Å². The molecule has 1 saturated heterocycles. The highest BCUT2D eigenvalue weighted by Gasteiger charge is 2.30. The zero-order valence-electron chi connectivity index (χ0n) is 11.2. The van der Waals surface area contributed by atoms with Crippen LogP contribution in [0.5, 0.6) is 0 Å². The lowest BCUT2D eigenvalue weighted by molar-refractivity contribution is -0.138. The molecular weight excluding hydrogens is 264 g/mol. The zero-order chi connectivity index (χ0) is 14.0. The first-order valence-corrected chi connectivity index (χ1v) is 7.27. The second-order valence-electron chi connectivity index (χ2n) is 4.89. The predicted molar refractivity (Wildman–Crippen MR) is 72.5 cm³/mol. The van der Waals surface area contributed by atoms with Gasteiger partial charge in [-0.2, -0.15) is 0 Å². The average molecular weight is 282 g/mol. The van der Waals surface area contributed by atoms with Crippen LogP contribution in [0, 0.1) is 13.8 Å². The summed E-state index contributed by atoms with van der Waals surface area (Å²) in [5.74, 6) is -0.907. The standard InChI is InChI=1S/C13H18N2O3S/c1-8-12(19-9(2)14-8)13(18)15-6-4-3-5-10(15)7-11(16)17/h10H,3-7H2,1-2H3,(H,16,17). The third-order valence-corrected chi connectivity index (χ3v) is 4.46. The summed E-state index contributed by atoms with van der Waals surface area (Å²) in [6, 6.07) is -0.180. The number of carbonyl (C=O) groups excluding carboxylic acids is 1. The SMILES string of the molecule is Cc1nc(C)c(C(=O)N2CCCCC2CC(=O)O)s1. The Kier molecular flexibility index (Phi) is 4.19. The van der Waals surface area contributed by atoms with E-state index in [2.05, 4.69) is 4.98 Å². The van der Waals surface area contributed by atoms with E-state index in [9.17, 15) is 9.59 Å². The highest BCUT2D eigenvalue weighted by atomic mass is 32.1. The zero-order valence-corrected chi connectivity index (χ0v) is 12.0. The van der Waals surface area contributed by atoms with Crippen LogP contribution in [0.2, 0.25) is 0 Å². The van der Waals surface area contributed by atoms with Crippen molar-refractivity contribution in [1.29, 1.82) is 0 Å². The van der Waals surface area contributed by atoms with Crippen molar-refractivity contribution >= 4 is 23.2 Å². The molecule has 0 aromatic carbocycles. The minimum atomic E-state index is -0.845. The van der Waals surface area contributed by atoms with Crippen LogP contribution in [-0.2, 0) is 4.79 Å². The Morgan fingerprint density at radius 2 is 2.16 bits per heavy atom. The van der Waals surface area contributed by atoms with Crippen LogP contribution < -0.4 is 0 Å². The number of aromatic nitrogens is 1. The fourth-order valence-electron chi connectivity index (χ4n) is 2.54. The van der Waals surface area contributed by atoms with Crippen molar-refractivity contribution in [3.63, 3.8) is 0 Å². The summed E-state index contributed by atoms with van der Waals surface area (Å²) in [6.07, 6.45) is 2.73. The quantitative estimate of drug-likeness (QED) is 0.923. The fourth-order valence-corrected chi connectivity index (χ4v) is 3.42. The molecule has 1 unspecified atom stereocenters. The van der Waals surface area contributed by atoms with Crippen molar-refractivity contribution in [2.75, 3.05) is 6.54 Å². The van der Waals surface area contributed by atoms with E-state index < -0.39 is 5.97 Å². The van der Waals surface area contributed by atoms with Crippen LogP contribution in [-0.4, -0.2) is 39.5 Å². The number of hydrogen-bond acceptors (Lipinski definition) is 4. The number of likely N-dealkylation sites (tertiary alicyclic amines) is 1. The highest BCUT2D eigenvalue weighted by Crippen LogP contribution is 2.25. The number of carboxylic acids is 1. The van der Waals surface area contributed by atoms with Crippen LogP contribution in [0.3, 0.4) is 0 Å². The maximum absolute atomic E-state index is 12.5. The molecule has 0 aliphatic carbocycles. The van der Waals surface area contributed by atoms with Gasteiger partial charge < -0.3 is 10.0 Å². The van der Waals surface area contributed by atoms with Gasteiger partial charge in [0, 0.05) is 12.6 Å². The monoisotopic (exact) mass is 282 g/mol. The van der Waals surface area contributed by atoms with Crippen molar-refractivity contribution in [1.82, 2.24) is 9.88 Å². The number of rotatable bonds is 3. The first-order valence-electron chi connectivity index (χ1n) is 6.46. The van der Waals surface area contributed by atoms with Crippen LogP contribution >= 0.6 is 11.3 Å². The predicted octanol–water partition coefficient (Wildman–Crippen LogP) is 2.23. The third-order valence-electron chi connectivity index (χ3n) is 3.40. The van der Waals surface area contributed by atoms with Gasteiger partial charge in [0.1, 0.15) is 4.88 Å². The molecule has 1 amide bonds. The second kappa shape index (κ2) is 5.69. The molecule has 6 heteroatoms. The Hall–Kier alpha value is -1.43. The van der Waals surface area contributed by atoms with Gasteiger partial charge in [-0.1, -0.05) is 0 Å². The van der Waals surface area contributed by atoms with Crippen molar-refractivity contribution in [2.45, 2.75) is 45.6 Å². The van der Waals surface area contributed by atoms with E-state index in [0.717, 1.165) is 30.0 Å². The maximum Gasteiger partial charge on any atom is 0.305 e. The van der Waals surface area contributed by atoms with Crippen LogP contribution in [0.1, 0.15) is 46.1 Å². The Labute approximate surface area is 116 Å². The number of carboxylic acid groups (broad SMARTS) is 1. The van der Waals surface area contributed by atoms with Crippen molar-refractivity contribution < 1.29 is 14.7 Å². The molecule has 0 saturated carbocycles. The number of amides is 1. The molecule has 1 N–H and O–H groups in total. The molecule has 19 heavy (non-hydrogen) atoms. The molecule has 2 rings (SSSR count). The van der Waals surface area contributed by atoms with Crippen molar-refractivity contribution in [3.05, 3.63) is 15.6 Å². The molecule has 5 nitrogen and oxygen atoms in total. The number of piperidine rings is 1. The van der Waals surface area contributed by atoms with Gasteiger partial charge in [-0.3, -0.25) is 9.59 Å². The smallest absolute Gasteiger partial charge is 0.305 e. The normalized spacial score (nSPS) is 19.5. The number of carbonyl (C=O) groups is 2. The molecule has 1 aromatic rings. The molecule has 1 aliphatic rings. The first kappa shape index (κ1) is 14.0. The summed E-state index contributed by atoms with van der Waals surface area (Å²) in [6.45, 7) is 4.35. The van der Waals surface area contributed by atoms with Crippen LogP contribution in [0.4, 0.5) is 0 Å². The lowest BCUT2D eigenvalue weighted by Crippen LogP contribution is -2.44. The number of hydrogen-bond donors (Lipinski definition) is 1. The lowest BCUT2D eigenvalue weighted by atomic mass is 9.99. The Bertz CT molecular complexity index is 498. The fraction of sp³-hybridized carbons (Fsp3) is 0.615. The van der Waals surface area contributed by atoms with Gasteiger partial charge >= 0.3 is 5.97 Å². The largest absolute Gasteiger partial charge is 0.481 e. The van der Waals surface area contributed by atoms with Gasteiger partial charge in [0.15, 0.2) is 0 Å². The molecule has 0 spiro atoms. The molecule has 2 heterocycles. The second-order valence-corrected chi connectivity index (χ2v) is 6.10. The van der Waals surface area contributed by atoms with E-state index in [-0.39, 0.29) is 18.4 Å². The van der Waals surface area contributed by atoms with E-state index in [1.807, 2.05) is 13.8 Å². The molecule has 1 fully saturated rings. The summed E-state index contributed by atoms with van der Waals surface area (Å²) in [7, 11) is 0. The highest BCUT2D eigenvalue weighted by molar-refractivity contribution is 7.13. The third kappa shape index (κ3) is 3.12. The maximum atomic E-state index is 12.5. The number of nitrogens with zero attached hydrogens (tertiary/aromatic N) is 2. The molecule has 1 aromatic heterocycles. The van der Waals surface area contributed by atoms with Gasteiger partial charge in [0.2, 0.25) is 0 Å². The van der Waals surface area contributed by atoms with Crippen molar-refractivity contribution in [3.8, 4) is 0 Å². The van der Waals surface area contributed by atoms with E-state index in [4.69, 9.17) is 5.11 Å². The van der Waals surface area contributed by atoms with Crippen LogP contribution in [0.15, 0.2) is 0 Å². The van der Waals surface area contributed by atoms with Gasteiger partial charge in [-0.15, -0.1) is 11.3 Å². The molecule has 0 radical (unpaired) electrons. The van der Waals surface area contributed by atoms with Gasteiger partial charge in [0.05, 0.1) is 17.1 Å².